The van der Waals surface area contributed by atoms with E-state index in [2.05, 4.69) is 10.1 Å². The van der Waals surface area contributed by atoms with Crippen LogP contribution in [0, 0.1) is 10.1 Å². The van der Waals surface area contributed by atoms with Crippen molar-refractivity contribution in [3.05, 3.63) is 86.9 Å². The molecule has 2 aromatic carbocycles. The van der Waals surface area contributed by atoms with E-state index in [1.54, 1.807) is 0 Å². The molecule has 0 fully saturated rings. The first-order valence-electron chi connectivity index (χ1n) is 8.49. The molecule has 9 heteroatoms. The lowest BCUT2D eigenvalue weighted by atomic mass is 10.1. The number of nitro benzene ring substituents is 1. The first-order chi connectivity index (χ1) is 14.1. The van der Waals surface area contributed by atoms with Crippen molar-refractivity contribution in [1.82, 2.24) is 10.1 Å². The smallest absolute Gasteiger partial charge is 0.349 e. The lowest BCUT2D eigenvalue weighted by molar-refractivity contribution is -0.384. The molecule has 0 unspecified atom stereocenters. The first kappa shape index (κ1) is 18.5. The van der Waals surface area contributed by atoms with Crippen molar-refractivity contribution in [3.8, 4) is 22.5 Å². The molecule has 2 aromatic heterocycles. The second-order valence-corrected chi connectivity index (χ2v) is 6.84. The van der Waals surface area contributed by atoms with E-state index in [-0.39, 0.29) is 24.0 Å². The Morgan fingerprint density at radius 3 is 2.55 bits per heavy atom. The number of nitro groups is 1. The van der Waals surface area contributed by atoms with Crippen molar-refractivity contribution < 1.29 is 19.0 Å². The third-order valence-electron chi connectivity index (χ3n) is 4.07. The van der Waals surface area contributed by atoms with Gasteiger partial charge in [-0.05, 0) is 29.1 Å². The van der Waals surface area contributed by atoms with Gasteiger partial charge in [0, 0.05) is 23.3 Å². The Labute approximate surface area is 168 Å². The van der Waals surface area contributed by atoms with E-state index < -0.39 is 10.9 Å². The van der Waals surface area contributed by atoms with Crippen molar-refractivity contribution in [2.45, 2.75) is 6.61 Å². The predicted molar refractivity (Wildman–Crippen MR) is 105 cm³/mol. The highest BCUT2D eigenvalue weighted by molar-refractivity contribution is 7.12. The number of non-ortho nitro benzene ring substituents is 1. The summed E-state index contributed by atoms with van der Waals surface area (Å²) in [5.74, 6) is -0.0921. The molecule has 0 aliphatic carbocycles. The van der Waals surface area contributed by atoms with Gasteiger partial charge in [-0.25, -0.2) is 4.79 Å². The van der Waals surface area contributed by atoms with Gasteiger partial charge in [-0.3, -0.25) is 10.1 Å². The van der Waals surface area contributed by atoms with Crippen molar-refractivity contribution in [2.24, 2.45) is 0 Å². The molecule has 0 saturated heterocycles. The normalized spacial score (nSPS) is 10.6. The molecule has 0 N–H and O–H groups in total. The molecule has 2 heterocycles. The van der Waals surface area contributed by atoms with E-state index in [9.17, 15) is 14.9 Å². The number of hydrogen-bond acceptors (Lipinski definition) is 8. The summed E-state index contributed by atoms with van der Waals surface area (Å²) < 4.78 is 10.4. The number of aromatic nitrogens is 2. The second kappa shape index (κ2) is 8.03. The largest absolute Gasteiger partial charge is 0.451 e. The van der Waals surface area contributed by atoms with Gasteiger partial charge >= 0.3 is 5.97 Å². The Morgan fingerprint density at radius 2 is 1.83 bits per heavy atom. The molecule has 29 heavy (non-hydrogen) atoms. The molecule has 0 atom stereocenters. The summed E-state index contributed by atoms with van der Waals surface area (Å²) in [5, 5.41) is 16.4. The molecule has 144 valence electrons. The summed E-state index contributed by atoms with van der Waals surface area (Å²) in [6.45, 7) is -0.176. The SMILES string of the molecule is O=C(OCc1nc(-c2ccc([N+](=O)[O-])cc2)no1)c1sccc1-c1ccccc1. The van der Waals surface area contributed by atoms with Crippen LogP contribution in [-0.4, -0.2) is 21.0 Å². The maximum atomic E-state index is 12.5. The minimum atomic E-state index is -0.487. The Balaban J connectivity index is 1.44. The molecule has 0 radical (unpaired) electrons. The van der Waals surface area contributed by atoms with Crippen LogP contribution in [-0.2, 0) is 11.3 Å². The van der Waals surface area contributed by atoms with Crippen LogP contribution in [0.25, 0.3) is 22.5 Å². The van der Waals surface area contributed by atoms with Gasteiger partial charge in [0.25, 0.3) is 11.6 Å². The third kappa shape index (κ3) is 4.04. The molecule has 4 aromatic rings. The van der Waals surface area contributed by atoms with Crippen LogP contribution in [0.2, 0.25) is 0 Å². The van der Waals surface area contributed by atoms with E-state index in [1.807, 2.05) is 41.8 Å². The molecule has 0 saturated carbocycles. The van der Waals surface area contributed by atoms with Crippen LogP contribution >= 0.6 is 11.3 Å². The van der Waals surface area contributed by atoms with E-state index in [1.165, 1.54) is 35.6 Å². The van der Waals surface area contributed by atoms with Gasteiger partial charge in [-0.2, -0.15) is 4.98 Å². The summed E-state index contributed by atoms with van der Waals surface area (Å²) in [6, 6.07) is 17.2. The maximum absolute atomic E-state index is 12.5. The molecule has 8 nitrogen and oxygen atoms in total. The van der Waals surface area contributed by atoms with E-state index in [0.717, 1.165) is 11.1 Å². The number of carbonyl (C=O) groups excluding carboxylic acids is 1. The van der Waals surface area contributed by atoms with Crippen LogP contribution in [0.3, 0.4) is 0 Å². The second-order valence-electron chi connectivity index (χ2n) is 5.92. The van der Waals surface area contributed by atoms with Crippen molar-refractivity contribution in [1.29, 1.82) is 0 Å². The number of hydrogen-bond donors (Lipinski definition) is 0. The maximum Gasteiger partial charge on any atom is 0.349 e. The number of ether oxygens (including phenoxy) is 1. The number of thiophene rings is 1. The van der Waals surface area contributed by atoms with Crippen LogP contribution in [0.4, 0.5) is 5.69 Å². The molecule has 0 amide bonds. The lowest BCUT2D eigenvalue weighted by Gasteiger charge is -2.04. The minimum Gasteiger partial charge on any atom is -0.451 e. The monoisotopic (exact) mass is 407 g/mol. The Bertz CT molecular complexity index is 1150. The van der Waals surface area contributed by atoms with Gasteiger partial charge < -0.3 is 9.26 Å². The number of benzene rings is 2. The van der Waals surface area contributed by atoms with E-state index >= 15 is 0 Å². The minimum absolute atomic E-state index is 0.0310. The fraction of sp³-hybridized carbons (Fsp3) is 0.0500. The molecule has 0 spiro atoms. The molecule has 0 aliphatic rings. The average Bonchev–Trinajstić information content (AvgIpc) is 3.42. The summed E-state index contributed by atoms with van der Waals surface area (Å²) in [5.41, 5.74) is 2.26. The number of nitrogens with zero attached hydrogens (tertiary/aromatic N) is 3. The van der Waals surface area contributed by atoms with Crippen LogP contribution in [0.5, 0.6) is 0 Å². The van der Waals surface area contributed by atoms with Gasteiger partial charge in [0.15, 0.2) is 6.61 Å². The highest BCUT2D eigenvalue weighted by atomic mass is 32.1. The van der Waals surface area contributed by atoms with Gasteiger partial charge in [0.2, 0.25) is 5.82 Å². The molecular formula is C20H13N3O5S. The fourth-order valence-corrected chi connectivity index (χ4v) is 3.48. The average molecular weight is 407 g/mol. The topological polar surface area (TPSA) is 108 Å². The predicted octanol–water partition coefficient (Wildman–Crippen LogP) is 4.73. The molecule has 0 aliphatic heterocycles. The molecular weight excluding hydrogens is 394 g/mol. The lowest BCUT2D eigenvalue weighted by Crippen LogP contribution is -2.04. The molecule has 0 bridgehead atoms. The highest BCUT2D eigenvalue weighted by Gasteiger charge is 2.18. The Hall–Kier alpha value is -3.85. The van der Waals surface area contributed by atoms with Gasteiger partial charge in [-0.1, -0.05) is 35.5 Å². The number of esters is 1. The van der Waals surface area contributed by atoms with Crippen molar-refractivity contribution in [3.63, 3.8) is 0 Å². The summed E-state index contributed by atoms with van der Waals surface area (Å²) in [7, 11) is 0. The van der Waals surface area contributed by atoms with Crippen molar-refractivity contribution in [2.75, 3.05) is 0 Å². The van der Waals surface area contributed by atoms with E-state index in [4.69, 9.17) is 9.26 Å². The van der Waals surface area contributed by atoms with Crippen LogP contribution < -0.4 is 0 Å². The Morgan fingerprint density at radius 1 is 1.07 bits per heavy atom. The van der Waals surface area contributed by atoms with Crippen LogP contribution in [0.15, 0.2) is 70.6 Å². The zero-order valence-corrected chi connectivity index (χ0v) is 15.7. The van der Waals surface area contributed by atoms with Gasteiger partial charge in [-0.15, -0.1) is 11.3 Å². The fourth-order valence-electron chi connectivity index (χ4n) is 2.67. The molecule has 4 rings (SSSR count). The summed E-state index contributed by atoms with van der Waals surface area (Å²) in [4.78, 5) is 27.4. The first-order valence-corrected chi connectivity index (χ1v) is 9.37. The van der Waals surface area contributed by atoms with Gasteiger partial charge in [0.05, 0.1) is 4.92 Å². The number of carbonyl (C=O) groups is 1. The highest BCUT2D eigenvalue weighted by Crippen LogP contribution is 2.29. The summed E-state index contributed by atoms with van der Waals surface area (Å²) >= 11 is 1.30. The zero-order valence-electron chi connectivity index (χ0n) is 14.8. The Kier molecular flexibility index (Phi) is 5.12. The standard InChI is InChI=1S/C20H13N3O5S/c24-20(18-16(10-11-29-18)13-4-2-1-3-5-13)27-12-17-21-19(22-28-17)14-6-8-15(9-7-14)23(25)26/h1-11H,12H2. The van der Waals surface area contributed by atoms with Gasteiger partial charge in [0.1, 0.15) is 4.88 Å². The third-order valence-corrected chi connectivity index (χ3v) is 4.96. The quantitative estimate of drug-likeness (QED) is 0.258. The summed E-state index contributed by atoms with van der Waals surface area (Å²) in [6.07, 6.45) is 0. The van der Waals surface area contributed by atoms with Crippen LogP contribution in [0.1, 0.15) is 15.6 Å². The zero-order chi connectivity index (χ0) is 20.2. The van der Waals surface area contributed by atoms with Crippen molar-refractivity contribution >= 4 is 23.0 Å². The van der Waals surface area contributed by atoms with E-state index in [0.29, 0.717) is 10.4 Å². The number of rotatable bonds is 6.